The molecule has 0 bridgehead atoms. The van der Waals surface area contributed by atoms with Gasteiger partial charge in [-0.05, 0) is 29.6 Å². The van der Waals surface area contributed by atoms with Crippen LogP contribution in [0.2, 0.25) is 0 Å². The predicted molar refractivity (Wildman–Crippen MR) is 86.6 cm³/mol. The van der Waals surface area contributed by atoms with Crippen molar-refractivity contribution in [2.75, 3.05) is 0 Å². The van der Waals surface area contributed by atoms with Gasteiger partial charge in [-0.2, -0.15) is 9.78 Å². The lowest BCUT2D eigenvalue weighted by molar-refractivity contribution is -0.385. The third-order valence-corrected chi connectivity index (χ3v) is 4.23. The van der Waals surface area contributed by atoms with Gasteiger partial charge in [0.1, 0.15) is 11.9 Å². The zero-order chi connectivity index (χ0) is 15.8. The molecule has 0 aliphatic heterocycles. The third-order valence-electron chi connectivity index (χ3n) is 3.36. The summed E-state index contributed by atoms with van der Waals surface area (Å²) in [5, 5.41) is 18.3. The number of thiophene rings is 1. The summed E-state index contributed by atoms with van der Waals surface area (Å²) in [6.07, 6.45) is 2.90. The van der Waals surface area contributed by atoms with Gasteiger partial charge in [0.05, 0.1) is 9.80 Å². The molecule has 0 saturated carbocycles. The lowest BCUT2D eigenvalue weighted by Crippen LogP contribution is -2.01. The van der Waals surface area contributed by atoms with Gasteiger partial charge >= 0.3 is 0 Å². The quantitative estimate of drug-likeness (QED) is 0.426. The molecule has 0 radical (unpaired) electrons. The monoisotopic (exact) mass is 323 g/mol. The molecule has 0 aliphatic carbocycles. The highest BCUT2D eigenvalue weighted by atomic mass is 32.1. The summed E-state index contributed by atoms with van der Waals surface area (Å²) < 4.78 is 1.61. The first kappa shape index (κ1) is 13.5. The predicted octanol–water partition coefficient (Wildman–Crippen LogP) is 3.45. The van der Waals surface area contributed by atoms with Gasteiger partial charge in [-0.15, -0.1) is 11.3 Å². The average Bonchev–Trinajstić information content (AvgIpc) is 3.22. The largest absolute Gasteiger partial charge is 0.287 e. The van der Waals surface area contributed by atoms with E-state index in [4.69, 9.17) is 0 Å². The molecule has 0 atom stereocenters. The van der Waals surface area contributed by atoms with E-state index in [1.807, 2.05) is 29.6 Å². The Bertz CT molecular complexity index is 993. The Morgan fingerprint density at radius 2 is 2.04 bits per heavy atom. The standard InChI is InChI=1S/C15H9N5O2S/c21-20(22)10-5-6-13(17-9-10)19-15-11(3-1-7-16-15)14(18-19)12-4-2-8-23-12/h1-9H. The SMILES string of the molecule is O=[N+]([O-])c1ccc(-n2nc(-c3cccs3)c3cccnc32)nc1. The molecule has 112 valence electrons. The molecule has 0 saturated heterocycles. The maximum atomic E-state index is 10.8. The van der Waals surface area contributed by atoms with Gasteiger partial charge in [0, 0.05) is 17.6 Å². The van der Waals surface area contributed by atoms with E-state index in [1.54, 1.807) is 28.3 Å². The van der Waals surface area contributed by atoms with Crippen molar-refractivity contribution in [3.05, 3.63) is 64.3 Å². The van der Waals surface area contributed by atoms with Crippen molar-refractivity contribution in [1.29, 1.82) is 0 Å². The first-order chi connectivity index (χ1) is 11.2. The zero-order valence-corrected chi connectivity index (χ0v) is 12.5. The van der Waals surface area contributed by atoms with E-state index in [1.165, 1.54) is 12.3 Å². The smallest absolute Gasteiger partial charge is 0.258 e. The van der Waals surface area contributed by atoms with Crippen molar-refractivity contribution in [3.63, 3.8) is 0 Å². The Labute approximate surface area is 134 Å². The topological polar surface area (TPSA) is 86.7 Å². The Morgan fingerprint density at radius 1 is 1.13 bits per heavy atom. The number of nitro groups is 1. The summed E-state index contributed by atoms with van der Waals surface area (Å²) in [7, 11) is 0. The molecule has 4 rings (SSSR count). The van der Waals surface area contributed by atoms with Crippen LogP contribution in [0.4, 0.5) is 5.69 Å². The van der Waals surface area contributed by atoms with Crippen molar-refractivity contribution >= 4 is 28.1 Å². The molecular weight excluding hydrogens is 314 g/mol. The summed E-state index contributed by atoms with van der Waals surface area (Å²) >= 11 is 1.59. The molecule has 0 N–H and O–H groups in total. The first-order valence-corrected chi connectivity index (χ1v) is 7.60. The van der Waals surface area contributed by atoms with Crippen LogP contribution in [0.1, 0.15) is 0 Å². The molecule has 4 aromatic heterocycles. The minimum Gasteiger partial charge on any atom is -0.258 e. The van der Waals surface area contributed by atoms with Gasteiger partial charge < -0.3 is 0 Å². The molecule has 7 nitrogen and oxygen atoms in total. The molecule has 0 spiro atoms. The van der Waals surface area contributed by atoms with E-state index in [9.17, 15) is 10.1 Å². The van der Waals surface area contributed by atoms with Gasteiger partial charge in [0.15, 0.2) is 11.5 Å². The molecule has 4 heterocycles. The minimum atomic E-state index is -0.479. The van der Waals surface area contributed by atoms with Crippen LogP contribution in [0.15, 0.2) is 54.2 Å². The van der Waals surface area contributed by atoms with Crippen molar-refractivity contribution in [3.8, 4) is 16.4 Å². The lowest BCUT2D eigenvalue weighted by atomic mass is 10.2. The Balaban J connectivity index is 1.92. The van der Waals surface area contributed by atoms with Crippen LogP contribution in [0.3, 0.4) is 0 Å². The number of aromatic nitrogens is 4. The second-order valence-corrected chi connectivity index (χ2v) is 5.69. The van der Waals surface area contributed by atoms with E-state index in [0.717, 1.165) is 16.0 Å². The molecule has 4 aromatic rings. The van der Waals surface area contributed by atoms with Gasteiger partial charge in [-0.25, -0.2) is 9.97 Å². The lowest BCUT2D eigenvalue weighted by Gasteiger charge is -2.00. The molecule has 0 aromatic carbocycles. The highest BCUT2D eigenvalue weighted by molar-refractivity contribution is 7.13. The van der Waals surface area contributed by atoms with E-state index < -0.39 is 4.92 Å². The molecule has 0 aliphatic rings. The zero-order valence-electron chi connectivity index (χ0n) is 11.7. The van der Waals surface area contributed by atoms with E-state index in [-0.39, 0.29) is 5.69 Å². The second kappa shape index (κ2) is 5.25. The highest BCUT2D eigenvalue weighted by Gasteiger charge is 2.16. The van der Waals surface area contributed by atoms with Crippen LogP contribution < -0.4 is 0 Å². The van der Waals surface area contributed by atoms with Crippen molar-refractivity contribution in [1.82, 2.24) is 19.7 Å². The summed E-state index contributed by atoms with van der Waals surface area (Å²) in [6, 6.07) is 10.7. The van der Waals surface area contributed by atoms with Gasteiger partial charge in [0.25, 0.3) is 5.69 Å². The fraction of sp³-hybridized carbons (Fsp3) is 0. The first-order valence-electron chi connectivity index (χ1n) is 6.72. The van der Waals surface area contributed by atoms with Gasteiger partial charge in [-0.3, -0.25) is 10.1 Å². The summed E-state index contributed by atoms with van der Waals surface area (Å²) in [4.78, 5) is 19.8. The van der Waals surface area contributed by atoms with Gasteiger partial charge in [0.2, 0.25) is 0 Å². The molecule has 0 unspecified atom stereocenters. The molecule has 0 fully saturated rings. The fourth-order valence-electron chi connectivity index (χ4n) is 2.32. The van der Waals surface area contributed by atoms with Crippen LogP contribution in [0.5, 0.6) is 0 Å². The van der Waals surface area contributed by atoms with Crippen molar-refractivity contribution in [2.45, 2.75) is 0 Å². The molecule has 8 heteroatoms. The highest BCUT2D eigenvalue weighted by Crippen LogP contribution is 2.31. The number of fused-ring (bicyclic) bond motifs is 1. The van der Waals surface area contributed by atoms with Crippen LogP contribution in [-0.2, 0) is 0 Å². The van der Waals surface area contributed by atoms with E-state index in [2.05, 4.69) is 15.1 Å². The van der Waals surface area contributed by atoms with E-state index >= 15 is 0 Å². The molecule has 23 heavy (non-hydrogen) atoms. The molecule has 0 amide bonds. The van der Waals surface area contributed by atoms with Crippen LogP contribution in [0, 0.1) is 10.1 Å². The second-order valence-electron chi connectivity index (χ2n) is 4.74. The Hall–Kier alpha value is -3.13. The van der Waals surface area contributed by atoms with Crippen molar-refractivity contribution < 1.29 is 4.92 Å². The van der Waals surface area contributed by atoms with Crippen LogP contribution in [-0.4, -0.2) is 24.7 Å². The average molecular weight is 323 g/mol. The maximum absolute atomic E-state index is 10.8. The van der Waals surface area contributed by atoms with Crippen molar-refractivity contribution in [2.24, 2.45) is 0 Å². The number of hydrogen-bond acceptors (Lipinski definition) is 6. The Kier molecular flexibility index (Phi) is 3.09. The Morgan fingerprint density at radius 3 is 2.74 bits per heavy atom. The fourth-order valence-corrected chi connectivity index (χ4v) is 3.04. The summed E-state index contributed by atoms with van der Waals surface area (Å²) in [5.41, 5.74) is 1.43. The third kappa shape index (κ3) is 2.25. The number of pyridine rings is 2. The van der Waals surface area contributed by atoms with E-state index in [0.29, 0.717) is 11.5 Å². The van der Waals surface area contributed by atoms with Gasteiger partial charge in [-0.1, -0.05) is 6.07 Å². The maximum Gasteiger partial charge on any atom is 0.287 e. The van der Waals surface area contributed by atoms with Crippen LogP contribution >= 0.6 is 11.3 Å². The number of hydrogen-bond donors (Lipinski definition) is 0. The van der Waals surface area contributed by atoms with Crippen LogP contribution in [0.25, 0.3) is 27.4 Å². The minimum absolute atomic E-state index is 0.0587. The number of nitrogens with zero attached hydrogens (tertiary/aromatic N) is 5. The number of rotatable bonds is 3. The molecular formula is C15H9N5O2S. The summed E-state index contributed by atoms with van der Waals surface area (Å²) in [5.74, 6) is 0.488. The normalized spacial score (nSPS) is 11.0. The summed E-state index contributed by atoms with van der Waals surface area (Å²) in [6.45, 7) is 0.